The zero-order chi connectivity index (χ0) is 23.8. The van der Waals surface area contributed by atoms with Crippen LogP contribution in [0.5, 0.6) is 0 Å². The number of hydrogen-bond donors (Lipinski definition) is 2. The van der Waals surface area contributed by atoms with E-state index in [1.807, 2.05) is 32.6 Å². The first kappa shape index (κ1) is 23.5. The summed E-state index contributed by atoms with van der Waals surface area (Å²) in [6, 6.07) is 6.71. The summed E-state index contributed by atoms with van der Waals surface area (Å²) in [5.74, 6) is -0.293. The van der Waals surface area contributed by atoms with Gasteiger partial charge in [0.15, 0.2) is 0 Å². The van der Waals surface area contributed by atoms with Crippen LogP contribution in [-0.2, 0) is 15.9 Å². The molecule has 1 saturated carbocycles. The lowest BCUT2D eigenvalue weighted by Crippen LogP contribution is -2.53. The van der Waals surface area contributed by atoms with Crippen LogP contribution in [-0.4, -0.2) is 53.3 Å². The summed E-state index contributed by atoms with van der Waals surface area (Å²) in [6.07, 6.45) is 4.87. The van der Waals surface area contributed by atoms with Crippen molar-refractivity contribution in [2.24, 2.45) is 5.41 Å². The fourth-order valence-corrected chi connectivity index (χ4v) is 5.31. The number of likely N-dealkylation sites (tertiary alicyclic amines) is 1. The monoisotopic (exact) mass is 455 g/mol. The lowest BCUT2D eigenvalue weighted by atomic mass is 9.60. The number of piperidine rings is 1. The van der Waals surface area contributed by atoms with Crippen molar-refractivity contribution in [3.05, 3.63) is 29.5 Å². The predicted molar refractivity (Wildman–Crippen MR) is 130 cm³/mol. The molecule has 33 heavy (non-hydrogen) atoms. The van der Waals surface area contributed by atoms with Crippen LogP contribution in [0, 0.1) is 5.41 Å². The number of nitrogens with one attached hydrogen (secondary N) is 2. The van der Waals surface area contributed by atoms with Gasteiger partial charge in [-0.3, -0.25) is 0 Å². The minimum Gasteiger partial charge on any atom is -0.461 e. The van der Waals surface area contributed by atoms with Crippen molar-refractivity contribution >= 4 is 28.7 Å². The molecule has 1 amide bonds. The molecule has 2 aromatic rings. The van der Waals surface area contributed by atoms with Gasteiger partial charge in [-0.15, -0.1) is 0 Å². The highest BCUT2D eigenvalue weighted by Crippen LogP contribution is 2.50. The van der Waals surface area contributed by atoms with Crippen LogP contribution in [0.1, 0.15) is 76.4 Å². The molecular weight excluding hydrogens is 418 g/mol. The minimum absolute atomic E-state index is 0.195. The Balaban J connectivity index is 1.34. The van der Waals surface area contributed by atoms with Crippen molar-refractivity contribution in [1.29, 1.82) is 0 Å². The summed E-state index contributed by atoms with van der Waals surface area (Å²) in [4.78, 5) is 29.8. The molecule has 0 unspecified atom stereocenters. The average Bonchev–Trinajstić information content (AvgIpc) is 3.10. The molecule has 0 radical (unpaired) electrons. The molecule has 1 saturated heterocycles. The van der Waals surface area contributed by atoms with E-state index in [1.165, 1.54) is 0 Å². The number of rotatable bonds is 5. The van der Waals surface area contributed by atoms with Crippen LogP contribution in [0.2, 0.25) is 0 Å². The van der Waals surface area contributed by atoms with Gasteiger partial charge in [-0.25, -0.2) is 9.59 Å². The van der Waals surface area contributed by atoms with Crippen molar-refractivity contribution in [3.63, 3.8) is 0 Å². The molecule has 1 aromatic carbocycles. The molecule has 1 aliphatic carbocycles. The smallest absolute Gasteiger partial charge is 0.410 e. The van der Waals surface area contributed by atoms with Gasteiger partial charge in [-0.1, -0.05) is 13.0 Å². The summed E-state index contributed by atoms with van der Waals surface area (Å²) in [5, 5.41) is 4.74. The first-order valence-corrected chi connectivity index (χ1v) is 12.2. The van der Waals surface area contributed by atoms with Gasteiger partial charge < -0.3 is 24.7 Å². The standard InChI is InChI=1S/C26H37N3O4/c1-6-19-20-9-8-17(14-21(20)28-22(19)23(30)32-7-2)27-18-15-26(16-18)10-12-29(13-11-26)24(31)33-25(3,4)5/h8-9,14,18,27-28H,6-7,10-13,15-16H2,1-5H3. The minimum atomic E-state index is -0.451. The van der Waals surface area contributed by atoms with E-state index in [9.17, 15) is 9.59 Å². The van der Waals surface area contributed by atoms with Crippen molar-refractivity contribution in [2.45, 2.75) is 78.4 Å². The van der Waals surface area contributed by atoms with Gasteiger partial charge in [0.1, 0.15) is 11.3 Å². The summed E-state index contributed by atoms with van der Waals surface area (Å²) in [7, 11) is 0. The third-order valence-electron chi connectivity index (χ3n) is 6.94. The van der Waals surface area contributed by atoms with Crippen LogP contribution in [0.25, 0.3) is 10.9 Å². The quantitative estimate of drug-likeness (QED) is 0.582. The van der Waals surface area contributed by atoms with Crippen LogP contribution >= 0.6 is 0 Å². The highest BCUT2D eigenvalue weighted by atomic mass is 16.6. The summed E-state index contributed by atoms with van der Waals surface area (Å²) >= 11 is 0. The topological polar surface area (TPSA) is 83.7 Å². The number of carbonyl (C=O) groups excluding carboxylic acids is 2. The Kier molecular flexibility index (Phi) is 6.34. The lowest BCUT2D eigenvalue weighted by Gasteiger charge is -2.52. The van der Waals surface area contributed by atoms with Gasteiger partial charge in [-0.05, 0) is 82.9 Å². The number of aromatic nitrogens is 1. The van der Waals surface area contributed by atoms with Gasteiger partial charge in [0, 0.05) is 35.7 Å². The number of benzene rings is 1. The van der Waals surface area contributed by atoms with E-state index in [0.717, 1.165) is 67.3 Å². The van der Waals surface area contributed by atoms with E-state index in [4.69, 9.17) is 9.47 Å². The van der Waals surface area contributed by atoms with E-state index < -0.39 is 5.60 Å². The third kappa shape index (κ3) is 4.97. The number of carbonyl (C=O) groups is 2. The van der Waals surface area contributed by atoms with Gasteiger partial charge in [0.25, 0.3) is 0 Å². The van der Waals surface area contributed by atoms with Gasteiger partial charge in [0.2, 0.25) is 0 Å². The number of H-pyrrole nitrogens is 1. The summed E-state index contributed by atoms with van der Waals surface area (Å²) in [5.41, 5.74) is 3.47. The maximum atomic E-state index is 12.3. The van der Waals surface area contributed by atoms with E-state index in [1.54, 1.807) is 0 Å². The Bertz CT molecular complexity index is 1020. The van der Waals surface area contributed by atoms with Crippen molar-refractivity contribution in [3.8, 4) is 0 Å². The second kappa shape index (κ2) is 8.92. The maximum Gasteiger partial charge on any atom is 0.410 e. The lowest BCUT2D eigenvalue weighted by molar-refractivity contribution is -0.00860. The van der Waals surface area contributed by atoms with Gasteiger partial charge in [0.05, 0.1) is 6.61 Å². The zero-order valence-corrected chi connectivity index (χ0v) is 20.5. The third-order valence-corrected chi connectivity index (χ3v) is 6.94. The number of ether oxygens (including phenoxy) is 2. The molecule has 4 rings (SSSR count). The zero-order valence-electron chi connectivity index (χ0n) is 20.5. The van der Waals surface area contributed by atoms with E-state index in [2.05, 4.69) is 35.4 Å². The second-order valence-corrected chi connectivity index (χ2v) is 10.5. The molecule has 2 aliphatic rings. The normalized spacial score (nSPS) is 18.3. The molecule has 1 aliphatic heterocycles. The van der Waals surface area contributed by atoms with Crippen molar-refractivity contribution < 1.29 is 19.1 Å². The number of esters is 1. The molecule has 2 heterocycles. The first-order valence-electron chi connectivity index (χ1n) is 12.2. The number of anilines is 1. The Morgan fingerprint density at radius 1 is 1.18 bits per heavy atom. The number of amides is 1. The maximum absolute atomic E-state index is 12.3. The Morgan fingerprint density at radius 2 is 1.88 bits per heavy atom. The van der Waals surface area contributed by atoms with Crippen molar-refractivity contribution in [1.82, 2.24) is 9.88 Å². The second-order valence-electron chi connectivity index (χ2n) is 10.5. The molecule has 0 atom stereocenters. The number of nitrogens with zero attached hydrogens (tertiary/aromatic N) is 1. The van der Waals surface area contributed by atoms with E-state index in [-0.39, 0.29) is 12.1 Å². The van der Waals surface area contributed by atoms with Crippen LogP contribution < -0.4 is 5.32 Å². The Hall–Kier alpha value is -2.70. The highest BCUT2D eigenvalue weighted by Gasteiger charge is 2.46. The van der Waals surface area contributed by atoms with Crippen molar-refractivity contribution in [2.75, 3.05) is 25.0 Å². The van der Waals surface area contributed by atoms with Crippen LogP contribution in [0.15, 0.2) is 18.2 Å². The number of aromatic amines is 1. The fourth-order valence-electron chi connectivity index (χ4n) is 5.31. The first-order chi connectivity index (χ1) is 15.6. The Morgan fingerprint density at radius 3 is 2.48 bits per heavy atom. The summed E-state index contributed by atoms with van der Waals surface area (Å²) in [6.45, 7) is 11.5. The molecule has 180 valence electrons. The van der Waals surface area contributed by atoms with Crippen LogP contribution in [0.3, 0.4) is 0 Å². The molecule has 7 heteroatoms. The SMILES string of the molecule is CCOC(=O)c1[nH]c2cc(NC3CC4(CCN(C(=O)OC(C)(C)C)CC4)C3)ccc2c1CC. The largest absolute Gasteiger partial charge is 0.461 e. The number of aryl methyl sites for hydroxylation is 1. The van der Waals surface area contributed by atoms with Crippen LogP contribution in [0.4, 0.5) is 10.5 Å². The predicted octanol–water partition coefficient (Wildman–Crippen LogP) is 5.50. The molecule has 2 fully saturated rings. The fraction of sp³-hybridized carbons (Fsp3) is 0.615. The van der Waals surface area contributed by atoms with Gasteiger partial charge in [-0.2, -0.15) is 0 Å². The van der Waals surface area contributed by atoms with E-state index >= 15 is 0 Å². The molecule has 7 nitrogen and oxygen atoms in total. The molecule has 2 N–H and O–H groups in total. The summed E-state index contributed by atoms with van der Waals surface area (Å²) < 4.78 is 10.7. The molecule has 1 aromatic heterocycles. The molecule has 0 bridgehead atoms. The van der Waals surface area contributed by atoms with Gasteiger partial charge >= 0.3 is 12.1 Å². The number of hydrogen-bond acceptors (Lipinski definition) is 5. The molecular formula is C26H37N3O4. The number of fused-ring (bicyclic) bond motifs is 1. The molecule has 1 spiro atoms. The average molecular weight is 456 g/mol. The van der Waals surface area contributed by atoms with E-state index in [0.29, 0.717) is 23.8 Å². The Labute approximate surface area is 196 Å². The highest BCUT2D eigenvalue weighted by molar-refractivity contribution is 5.99.